The number of ether oxygens (including phenoxy) is 1. The molecule has 0 bridgehead atoms. The summed E-state index contributed by atoms with van der Waals surface area (Å²) in [6.45, 7) is 3.44. The van der Waals surface area contributed by atoms with Crippen LogP contribution >= 0.6 is 0 Å². The molecule has 0 aromatic carbocycles. The van der Waals surface area contributed by atoms with Gasteiger partial charge in [0.2, 0.25) is 0 Å². The molecule has 7 heteroatoms. The Morgan fingerprint density at radius 1 is 1.37 bits per heavy atom. The number of carboxylic acid groups (broad SMARTS) is 1. The van der Waals surface area contributed by atoms with Gasteiger partial charge in [0.1, 0.15) is 0 Å². The number of rotatable bonds is 6. The number of aliphatic carboxylic acids is 1. The Balaban J connectivity index is 3.17. The van der Waals surface area contributed by atoms with Crippen molar-refractivity contribution in [3.8, 4) is 0 Å². The van der Waals surface area contributed by atoms with E-state index in [9.17, 15) is 23.1 Å². The zero-order chi connectivity index (χ0) is 14.7. The number of esters is 1. The van der Waals surface area contributed by atoms with Crippen molar-refractivity contribution in [2.75, 3.05) is 18.1 Å². The fraction of sp³-hybridized carbons (Fsp3) is 0.833. The van der Waals surface area contributed by atoms with Gasteiger partial charge in [-0.3, -0.25) is 9.59 Å². The van der Waals surface area contributed by atoms with E-state index in [0.717, 1.165) is 0 Å². The highest BCUT2D eigenvalue weighted by Crippen LogP contribution is 2.41. The molecule has 110 valence electrons. The number of carbonyl (C=O) groups excluding carboxylic acids is 1. The highest BCUT2D eigenvalue weighted by Gasteiger charge is 2.56. The molecule has 0 aromatic rings. The van der Waals surface area contributed by atoms with Gasteiger partial charge in [-0.15, -0.1) is 0 Å². The maximum atomic E-state index is 12.1. The van der Waals surface area contributed by atoms with Crippen molar-refractivity contribution in [1.29, 1.82) is 0 Å². The van der Waals surface area contributed by atoms with Gasteiger partial charge in [0.15, 0.2) is 15.3 Å². The van der Waals surface area contributed by atoms with Gasteiger partial charge in [0, 0.05) is 5.92 Å². The topological polar surface area (TPSA) is 97.7 Å². The second-order valence-corrected chi connectivity index (χ2v) is 7.08. The summed E-state index contributed by atoms with van der Waals surface area (Å²) in [5, 5.41) is 9.49. The van der Waals surface area contributed by atoms with E-state index in [1.54, 1.807) is 13.8 Å². The van der Waals surface area contributed by atoms with Crippen molar-refractivity contribution in [2.45, 2.75) is 33.1 Å². The Kier molecular flexibility index (Phi) is 4.95. The minimum absolute atomic E-state index is 0.0597. The molecule has 0 spiro atoms. The lowest BCUT2D eigenvalue weighted by Gasteiger charge is -2.31. The third kappa shape index (κ3) is 3.08. The predicted molar refractivity (Wildman–Crippen MR) is 68.4 cm³/mol. The van der Waals surface area contributed by atoms with E-state index < -0.39 is 33.1 Å². The fourth-order valence-electron chi connectivity index (χ4n) is 2.68. The van der Waals surface area contributed by atoms with E-state index in [4.69, 9.17) is 4.74 Å². The van der Waals surface area contributed by atoms with Crippen LogP contribution in [0, 0.1) is 11.3 Å². The molecule has 1 N–H and O–H groups in total. The highest BCUT2D eigenvalue weighted by molar-refractivity contribution is 7.91. The van der Waals surface area contributed by atoms with Crippen molar-refractivity contribution in [3.63, 3.8) is 0 Å². The minimum atomic E-state index is -3.25. The molecule has 1 saturated heterocycles. The summed E-state index contributed by atoms with van der Waals surface area (Å²) in [4.78, 5) is 23.7. The molecule has 1 rings (SSSR count). The van der Waals surface area contributed by atoms with Crippen molar-refractivity contribution in [3.05, 3.63) is 0 Å². The lowest BCUT2D eigenvalue weighted by Crippen LogP contribution is -2.47. The van der Waals surface area contributed by atoms with E-state index in [0.29, 0.717) is 6.42 Å². The van der Waals surface area contributed by atoms with E-state index >= 15 is 0 Å². The lowest BCUT2D eigenvalue weighted by molar-refractivity contribution is -0.173. The summed E-state index contributed by atoms with van der Waals surface area (Å²) in [5.74, 6) is -3.11. The van der Waals surface area contributed by atoms with Crippen molar-refractivity contribution >= 4 is 21.8 Å². The standard InChI is InChI=1S/C12H20O6S/c1-3-6-12(10(13)14,11(15)18-4-2)9-5-7-19(16,17)8-9/h9H,3-8H2,1-2H3,(H,13,14). The van der Waals surface area contributed by atoms with Gasteiger partial charge in [-0.25, -0.2) is 8.42 Å². The smallest absolute Gasteiger partial charge is 0.323 e. The molecule has 0 amide bonds. The van der Waals surface area contributed by atoms with Crippen LogP contribution in [0.1, 0.15) is 33.1 Å². The van der Waals surface area contributed by atoms with Gasteiger partial charge in [-0.1, -0.05) is 13.3 Å². The molecule has 1 aliphatic rings. The molecule has 0 saturated carbocycles. The van der Waals surface area contributed by atoms with E-state index in [-0.39, 0.29) is 31.0 Å². The number of carbonyl (C=O) groups is 2. The first-order valence-electron chi connectivity index (χ1n) is 6.41. The number of carboxylic acids is 1. The van der Waals surface area contributed by atoms with Crippen LogP contribution in [0.15, 0.2) is 0 Å². The minimum Gasteiger partial charge on any atom is -0.480 e. The summed E-state index contributed by atoms with van der Waals surface area (Å²) in [7, 11) is -3.25. The first kappa shape index (κ1) is 15.9. The Morgan fingerprint density at radius 3 is 2.37 bits per heavy atom. The van der Waals surface area contributed by atoms with Gasteiger partial charge in [-0.2, -0.15) is 0 Å². The van der Waals surface area contributed by atoms with E-state index in [1.165, 1.54) is 0 Å². The maximum absolute atomic E-state index is 12.1. The molecule has 2 atom stereocenters. The second-order valence-electron chi connectivity index (χ2n) is 4.85. The summed E-state index contributed by atoms with van der Waals surface area (Å²) in [5.41, 5.74) is -1.73. The SMILES string of the molecule is CCCC(C(=O)O)(C(=O)OCC)C1CCS(=O)(=O)C1. The first-order chi connectivity index (χ1) is 8.80. The maximum Gasteiger partial charge on any atom is 0.323 e. The monoisotopic (exact) mass is 292 g/mol. The van der Waals surface area contributed by atoms with E-state index in [2.05, 4.69) is 0 Å². The molecule has 6 nitrogen and oxygen atoms in total. The molecule has 0 radical (unpaired) electrons. The second kappa shape index (κ2) is 5.90. The van der Waals surface area contributed by atoms with Crippen LogP contribution in [0.5, 0.6) is 0 Å². The normalized spacial score (nSPS) is 24.6. The van der Waals surface area contributed by atoms with Crippen LogP contribution in [0.3, 0.4) is 0 Å². The molecule has 2 unspecified atom stereocenters. The van der Waals surface area contributed by atoms with Gasteiger partial charge in [-0.05, 0) is 19.8 Å². The highest BCUT2D eigenvalue weighted by atomic mass is 32.2. The Labute approximate surface area is 113 Å². The molecule has 0 aliphatic carbocycles. The Bertz CT molecular complexity index is 455. The fourth-order valence-corrected chi connectivity index (χ4v) is 4.55. The van der Waals surface area contributed by atoms with Crippen molar-refractivity contribution < 1.29 is 27.9 Å². The summed E-state index contributed by atoms with van der Waals surface area (Å²) >= 11 is 0. The third-order valence-electron chi connectivity index (χ3n) is 3.60. The largest absolute Gasteiger partial charge is 0.480 e. The molecular formula is C12H20O6S. The van der Waals surface area contributed by atoms with Crippen LogP contribution in [0.2, 0.25) is 0 Å². The average Bonchev–Trinajstić information content (AvgIpc) is 2.66. The number of hydrogen-bond donors (Lipinski definition) is 1. The average molecular weight is 292 g/mol. The predicted octanol–water partition coefficient (Wildman–Crippen LogP) is 0.855. The molecular weight excluding hydrogens is 272 g/mol. The first-order valence-corrected chi connectivity index (χ1v) is 8.23. The summed E-state index contributed by atoms with van der Waals surface area (Å²) < 4.78 is 28.0. The molecule has 1 aliphatic heterocycles. The van der Waals surface area contributed by atoms with Crippen molar-refractivity contribution in [2.24, 2.45) is 11.3 Å². The van der Waals surface area contributed by atoms with Gasteiger partial charge in [0.05, 0.1) is 18.1 Å². The lowest BCUT2D eigenvalue weighted by atomic mass is 9.71. The quantitative estimate of drug-likeness (QED) is 0.576. The Morgan fingerprint density at radius 2 is 2.00 bits per heavy atom. The van der Waals surface area contributed by atoms with Gasteiger partial charge >= 0.3 is 11.9 Å². The molecule has 19 heavy (non-hydrogen) atoms. The van der Waals surface area contributed by atoms with Crippen LogP contribution < -0.4 is 0 Å². The molecule has 1 heterocycles. The zero-order valence-corrected chi connectivity index (χ0v) is 12.0. The van der Waals surface area contributed by atoms with Gasteiger partial charge in [0.25, 0.3) is 0 Å². The molecule has 1 fully saturated rings. The van der Waals surface area contributed by atoms with Gasteiger partial charge < -0.3 is 9.84 Å². The molecule has 0 aromatic heterocycles. The number of sulfone groups is 1. The summed E-state index contributed by atoms with van der Waals surface area (Å²) in [6, 6.07) is 0. The van der Waals surface area contributed by atoms with E-state index in [1.807, 2.05) is 0 Å². The third-order valence-corrected chi connectivity index (χ3v) is 5.36. The zero-order valence-electron chi connectivity index (χ0n) is 11.2. The summed E-state index contributed by atoms with van der Waals surface area (Å²) in [6.07, 6.45) is 0.774. The van der Waals surface area contributed by atoms with Crippen LogP contribution in [0.4, 0.5) is 0 Å². The number of hydrogen-bond acceptors (Lipinski definition) is 5. The van der Waals surface area contributed by atoms with Crippen molar-refractivity contribution in [1.82, 2.24) is 0 Å². The Hall–Kier alpha value is -1.11. The van der Waals surface area contributed by atoms with Crippen LogP contribution in [0.25, 0.3) is 0 Å². The van der Waals surface area contributed by atoms with Crippen LogP contribution in [-0.2, 0) is 24.2 Å². The van der Waals surface area contributed by atoms with Crippen LogP contribution in [-0.4, -0.2) is 43.6 Å².